The molecule has 1 unspecified atom stereocenters. The smallest absolute Gasteiger partial charge is 0.253 e. The molecule has 0 bridgehead atoms. The number of nitrogens with zero attached hydrogens (tertiary/aromatic N) is 1. The number of fused-ring (bicyclic) bond motifs is 1. The quantitative estimate of drug-likeness (QED) is 0.734. The highest BCUT2D eigenvalue weighted by Crippen LogP contribution is 2.24. The maximum Gasteiger partial charge on any atom is 0.253 e. The third-order valence-electron chi connectivity index (χ3n) is 4.48. The number of amides is 1. The summed E-state index contributed by atoms with van der Waals surface area (Å²) in [4.78, 5) is 17.2. The van der Waals surface area contributed by atoms with E-state index in [2.05, 4.69) is 10.3 Å². The minimum atomic E-state index is -0.464. The predicted octanol–water partition coefficient (Wildman–Crippen LogP) is 4.19. The second-order valence-corrected chi connectivity index (χ2v) is 6.27. The van der Waals surface area contributed by atoms with E-state index >= 15 is 0 Å². The van der Waals surface area contributed by atoms with E-state index in [1.807, 2.05) is 18.2 Å². The fraction of sp³-hybridized carbons (Fsp3) is 0.238. The van der Waals surface area contributed by atoms with Crippen LogP contribution in [-0.2, 0) is 0 Å². The van der Waals surface area contributed by atoms with Crippen molar-refractivity contribution >= 4 is 16.8 Å². The van der Waals surface area contributed by atoms with Gasteiger partial charge in [-0.15, -0.1) is 0 Å². The largest absolute Gasteiger partial charge is 0.497 e. The number of methoxy groups -OCH3 is 2. The van der Waals surface area contributed by atoms with Crippen molar-refractivity contribution in [3.8, 4) is 11.5 Å². The molecule has 0 spiro atoms. The standard InChI is InChI=1S/C21H21FN2O3/c1-12(14-6-8-20(27-4)18(22)10-14)24-21(25)17-9-15-5-7-16(26-3)11-19(15)23-13(17)2/h5-12H,1-4H3,(H,24,25). The SMILES string of the molecule is COc1ccc2cc(C(=O)NC(C)c3ccc(OC)c(F)c3)c(C)nc2c1. The molecule has 5 nitrogen and oxygen atoms in total. The average Bonchev–Trinajstić information content (AvgIpc) is 2.66. The van der Waals surface area contributed by atoms with Gasteiger partial charge >= 0.3 is 0 Å². The van der Waals surface area contributed by atoms with Crippen molar-refractivity contribution in [2.24, 2.45) is 0 Å². The van der Waals surface area contributed by atoms with Crippen LogP contribution in [0.3, 0.4) is 0 Å². The first-order chi connectivity index (χ1) is 12.9. The fourth-order valence-corrected chi connectivity index (χ4v) is 2.91. The van der Waals surface area contributed by atoms with Crippen LogP contribution in [0.4, 0.5) is 4.39 Å². The molecule has 3 rings (SSSR count). The van der Waals surface area contributed by atoms with Gasteiger partial charge in [-0.3, -0.25) is 9.78 Å². The molecule has 1 heterocycles. The molecule has 0 aliphatic heterocycles. The Hall–Kier alpha value is -3.15. The van der Waals surface area contributed by atoms with Crippen molar-refractivity contribution in [1.82, 2.24) is 10.3 Å². The number of aryl methyl sites for hydroxylation is 1. The van der Waals surface area contributed by atoms with Gasteiger partial charge in [-0.05, 0) is 49.7 Å². The van der Waals surface area contributed by atoms with Crippen molar-refractivity contribution in [2.75, 3.05) is 14.2 Å². The lowest BCUT2D eigenvalue weighted by Crippen LogP contribution is -2.27. The van der Waals surface area contributed by atoms with Crippen LogP contribution in [0, 0.1) is 12.7 Å². The van der Waals surface area contributed by atoms with E-state index in [1.54, 1.807) is 39.2 Å². The van der Waals surface area contributed by atoms with Crippen molar-refractivity contribution in [3.63, 3.8) is 0 Å². The Morgan fingerprint density at radius 1 is 1.11 bits per heavy atom. The van der Waals surface area contributed by atoms with Crippen LogP contribution in [0.25, 0.3) is 10.9 Å². The summed E-state index contributed by atoms with van der Waals surface area (Å²) in [7, 11) is 3.01. The van der Waals surface area contributed by atoms with E-state index in [4.69, 9.17) is 9.47 Å². The molecule has 0 aliphatic rings. The zero-order chi connectivity index (χ0) is 19.6. The number of aromatic nitrogens is 1. The molecule has 140 valence electrons. The Labute approximate surface area is 157 Å². The highest BCUT2D eigenvalue weighted by molar-refractivity contribution is 5.99. The Morgan fingerprint density at radius 3 is 2.56 bits per heavy atom. The van der Waals surface area contributed by atoms with Crippen molar-refractivity contribution in [3.05, 3.63) is 65.1 Å². The van der Waals surface area contributed by atoms with E-state index in [0.29, 0.717) is 22.6 Å². The summed E-state index contributed by atoms with van der Waals surface area (Å²) >= 11 is 0. The molecular formula is C21H21FN2O3. The topological polar surface area (TPSA) is 60.5 Å². The van der Waals surface area contributed by atoms with Crippen LogP contribution in [0.2, 0.25) is 0 Å². The van der Waals surface area contributed by atoms with Crippen LogP contribution in [0.15, 0.2) is 42.5 Å². The zero-order valence-corrected chi connectivity index (χ0v) is 15.7. The Morgan fingerprint density at radius 2 is 1.89 bits per heavy atom. The molecule has 6 heteroatoms. The van der Waals surface area contributed by atoms with Crippen LogP contribution >= 0.6 is 0 Å². The molecular weight excluding hydrogens is 347 g/mol. The number of halogens is 1. The molecule has 0 saturated heterocycles. The predicted molar refractivity (Wildman–Crippen MR) is 102 cm³/mol. The molecule has 2 aromatic carbocycles. The summed E-state index contributed by atoms with van der Waals surface area (Å²) in [6, 6.07) is 11.6. The molecule has 1 atom stereocenters. The lowest BCUT2D eigenvalue weighted by atomic mass is 10.1. The number of hydrogen-bond donors (Lipinski definition) is 1. The first kappa shape index (κ1) is 18.6. The Bertz CT molecular complexity index is 1000. The third-order valence-corrected chi connectivity index (χ3v) is 4.48. The molecule has 1 aromatic heterocycles. The average molecular weight is 368 g/mol. The van der Waals surface area contributed by atoms with Gasteiger partial charge in [0.25, 0.3) is 5.91 Å². The second-order valence-electron chi connectivity index (χ2n) is 6.27. The maximum atomic E-state index is 13.9. The van der Waals surface area contributed by atoms with E-state index in [-0.39, 0.29) is 17.7 Å². The number of pyridine rings is 1. The second kappa shape index (κ2) is 7.61. The molecule has 27 heavy (non-hydrogen) atoms. The van der Waals surface area contributed by atoms with Crippen LogP contribution in [0.1, 0.15) is 34.6 Å². The number of hydrogen-bond acceptors (Lipinski definition) is 4. The van der Waals surface area contributed by atoms with Crippen LogP contribution in [-0.4, -0.2) is 25.1 Å². The van der Waals surface area contributed by atoms with Gasteiger partial charge in [0.1, 0.15) is 5.75 Å². The van der Waals surface area contributed by atoms with Gasteiger partial charge in [-0.2, -0.15) is 0 Å². The van der Waals surface area contributed by atoms with Crippen molar-refractivity contribution in [2.45, 2.75) is 19.9 Å². The van der Waals surface area contributed by atoms with Gasteiger partial charge < -0.3 is 14.8 Å². The highest BCUT2D eigenvalue weighted by atomic mass is 19.1. The molecule has 1 amide bonds. The van der Waals surface area contributed by atoms with Gasteiger partial charge in [0.15, 0.2) is 11.6 Å². The summed E-state index contributed by atoms with van der Waals surface area (Å²) in [5.74, 6) is 0.152. The normalized spacial score (nSPS) is 11.9. The van der Waals surface area contributed by atoms with Gasteiger partial charge in [0.05, 0.1) is 37.0 Å². The molecule has 1 N–H and O–H groups in total. The van der Waals surface area contributed by atoms with E-state index in [0.717, 1.165) is 10.9 Å². The number of benzene rings is 2. The van der Waals surface area contributed by atoms with E-state index in [1.165, 1.54) is 13.2 Å². The summed E-state index contributed by atoms with van der Waals surface area (Å²) in [6.07, 6.45) is 0. The van der Waals surface area contributed by atoms with E-state index in [9.17, 15) is 9.18 Å². The molecule has 3 aromatic rings. The molecule has 0 fully saturated rings. The monoisotopic (exact) mass is 368 g/mol. The minimum Gasteiger partial charge on any atom is -0.497 e. The number of carbonyl (C=O) groups excluding carboxylic acids is 1. The van der Waals surface area contributed by atoms with Crippen molar-refractivity contribution < 1.29 is 18.7 Å². The van der Waals surface area contributed by atoms with Gasteiger partial charge in [-0.25, -0.2) is 4.39 Å². The first-order valence-corrected chi connectivity index (χ1v) is 8.52. The number of nitrogens with one attached hydrogen (secondary N) is 1. The van der Waals surface area contributed by atoms with Gasteiger partial charge in [0, 0.05) is 11.5 Å². The fourth-order valence-electron chi connectivity index (χ4n) is 2.91. The maximum absolute atomic E-state index is 13.9. The Kier molecular flexibility index (Phi) is 5.26. The van der Waals surface area contributed by atoms with Gasteiger partial charge in [-0.1, -0.05) is 6.07 Å². The van der Waals surface area contributed by atoms with Crippen molar-refractivity contribution in [1.29, 1.82) is 0 Å². The Balaban J connectivity index is 1.85. The summed E-state index contributed by atoms with van der Waals surface area (Å²) < 4.78 is 24.0. The minimum absolute atomic E-state index is 0.169. The van der Waals surface area contributed by atoms with Crippen LogP contribution < -0.4 is 14.8 Å². The van der Waals surface area contributed by atoms with Crippen LogP contribution in [0.5, 0.6) is 11.5 Å². The first-order valence-electron chi connectivity index (χ1n) is 8.52. The number of ether oxygens (including phenoxy) is 2. The summed E-state index contributed by atoms with van der Waals surface area (Å²) in [5.41, 5.74) is 2.50. The lowest BCUT2D eigenvalue weighted by molar-refractivity contribution is 0.0939. The molecule has 0 radical (unpaired) electrons. The highest BCUT2D eigenvalue weighted by Gasteiger charge is 2.16. The molecule has 0 saturated carbocycles. The van der Waals surface area contributed by atoms with E-state index < -0.39 is 5.82 Å². The number of carbonyl (C=O) groups is 1. The summed E-state index contributed by atoms with van der Waals surface area (Å²) in [5, 5.41) is 3.74. The third kappa shape index (κ3) is 3.84. The van der Waals surface area contributed by atoms with Gasteiger partial charge in [0.2, 0.25) is 0 Å². The lowest BCUT2D eigenvalue weighted by Gasteiger charge is -2.16. The number of rotatable bonds is 5. The summed E-state index contributed by atoms with van der Waals surface area (Å²) in [6.45, 7) is 3.58. The molecule has 0 aliphatic carbocycles. The zero-order valence-electron chi connectivity index (χ0n) is 15.7.